The topological polar surface area (TPSA) is 50.7 Å². The number of rotatable bonds is 5. The smallest absolute Gasteiger partial charge is 0.277 e. The van der Waals surface area contributed by atoms with Gasteiger partial charge in [0.25, 0.3) is 5.91 Å². The van der Waals surface area contributed by atoms with Gasteiger partial charge in [0.2, 0.25) is 0 Å². The zero-order valence-corrected chi connectivity index (χ0v) is 18.1. The van der Waals surface area contributed by atoms with Crippen molar-refractivity contribution in [2.75, 3.05) is 6.61 Å². The molecular weight excluding hydrogens is 528 g/mol. The Balaban J connectivity index is 1.57. The van der Waals surface area contributed by atoms with E-state index >= 15 is 0 Å². The molecule has 3 rings (SSSR count). The molecule has 0 unspecified atom stereocenters. The molecule has 0 atom stereocenters. The minimum Gasteiger partial charge on any atom is -0.481 e. The lowest BCUT2D eigenvalue weighted by Gasteiger charge is -2.09. The second-order valence-corrected chi connectivity index (χ2v) is 8.01. The number of hydrogen-bond donors (Lipinski definition) is 1. The normalized spacial score (nSPS) is 11.0. The van der Waals surface area contributed by atoms with Crippen LogP contribution in [-0.4, -0.2) is 18.7 Å². The number of benzene rings is 3. The molecule has 0 aromatic heterocycles. The van der Waals surface area contributed by atoms with E-state index in [-0.39, 0.29) is 12.5 Å². The molecule has 0 spiro atoms. The average Bonchev–Trinajstić information content (AvgIpc) is 2.60. The first kappa shape index (κ1) is 19.1. The summed E-state index contributed by atoms with van der Waals surface area (Å²) in [6.07, 6.45) is 1.61. The van der Waals surface area contributed by atoms with E-state index in [2.05, 4.69) is 58.3 Å². The molecule has 0 fully saturated rings. The van der Waals surface area contributed by atoms with Gasteiger partial charge in [-0.15, -0.1) is 0 Å². The Labute approximate surface area is 176 Å². The lowest BCUT2D eigenvalue weighted by atomic mass is 10.1. The first-order valence-electron chi connectivity index (χ1n) is 7.61. The predicted molar refractivity (Wildman–Crippen MR) is 115 cm³/mol. The second-order valence-electron chi connectivity index (χ2n) is 5.39. The lowest BCUT2D eigenvalue weighted by Crippen LogP contribution is -2.24. The summed E-state index contributed by atoms with van der Waals surface area (Å²) in [5.41, 5.74) is 3.37. The van der Waals surface area contributed by atoms with Crippen LogP contribution in [0.4, 0.5) is 0 Å². The highest BCUT2D eigenvalue weighted by atomic mass is 79.9. The molecule has 0 aliphatic rings. The molecule has 0 radical (unpaired) electrons. The first-order valence-corrected chi connectivity index (χ1v) is 9.99. The Hall–Kier alpha value is -1.70. The first-order chi connectivity index (χ1) is 12.5. The molecule has 0 aliphatic heterocycles. The van der Waals surface area contributed by atoms with Gasteiger partial charge in [0.1, 0.15) is 5.75 Å². The van der Waals surface area contributed by atoms with Gasteiger partial charge in [-0.3, -0.25) is 4.79 Å². The average molecular weight is 541 g/mol. The number of carbonyl (C=O) groups is 1. The minimum absolute atomic E-state index is 0.145. The van der Waals surface area contributed by atoms with Crippen LogP contribution in [0.5, 0.6) is 5.75 Å². The van der Waals surface area contributed by atoms with Crippen molar-refractivity contribution in [3.63, 3.8) is 0 Å². The van der Waals surface area contributed by atoms with Crippen LogP contribution in [0.2, 0.25) is 0 Å². The number of nitrogens with zero attached hydrogens (tertiary/aromatic N) is 1. The maximum Gasteiger partial charge on any atom is 0.277 e. The molecule has 7 heteroatoms. The van der Waals surface area contributed by atoms with Crippen LogP contribution in [-0.2, 0) is 4.79 Å². The van der Waals surface area contributed by atoms with Crippen LogP contribution in [0.25, 0.3) is 10.8 Å². The fourth-order valence-electron chi connectivity index (χ4n) is 2.30. The van der Waals surface area contributed by atoms with Crippen molar-refractivity contribution >= 4 is 70.7 Å². The number of hydrogen-bond acceptors (Lipinski definition) is 3. The van der Waals surface area contributed by atoms with E-state index in [1.807, 2.05) is 54.6 Å². The van der Waals surface area contributed by atoms with Crippen molar-refractivity contribution in [2.45, 2.75) is 0 Å². The Morgan fingerprint density at radius 2 is 1.69 bits per heavy atom. The monoisotopic (exact) mass is 538 g/mol. The number of nitrogens with one attached hydrogen (secondary N) is 1. The van der Waals surface area contributed by atoms with Crippen LogP contribution in [0, 0.1) is 0 Å². The van der Waals surface area contributed by atoms with E-state index in [9.17, 15) is 4.79 Å². The van der Waals surface area contributed by atoms with E-state index < -0.39 is 0 Å². The standard InChI is InChI=1S/C19H13Br3N2O2/c20-15-8-16(21)19(17(22)9-15)26-11-18(25)24-23-10-12-5-6-13-3-1-2-4-14(13)7-12/h1-10H,11H2,(H,24,25)/b23-10-. The number of hydrazone groups is 1. The van der Waals surface area contributed by atoms with Crippen molar-refractivity contribution in [1.82, 2.24) is 5.43 Å². The van der Waals surface area contributed by atoms with Crippen molar-refractivity contribution in [3.8, 4) is 5.75 Å². The molecule has 3 aromatic rings. The van der Waals surface area contributed by atoms with Gasteiger partial charge in [-0.25, -0.2) is 5.43 Å². The summed E-state index contributed by atoms with van der Waals surface area (Å²) in [6, 6.07) is 17.7. The number of carbonyl (C=O) groups excluding carboxylic acids is 1. The van der Waals surface area contributed by atoms with E-state index in [1.54, 1.807) is 6.21 Å². The minimum atomic E-state index is -0.344. The van der Waals surface area contributed by atoms with Crippen LogP contribution in [0.1, 0.15) is 5.56 Å². The number of halogens is 3. The summed E-state index contributed by atoms with van der Waals surface area (Å²) in [5, 5.41) is 6.27. The predicted octanol–water partition coefficient (Wildman–Crippen LogP) is 5.66. The van der Waals surface area contributed by atoms with Crippen molar-refractivity contribution in [2.24, 2.45) is 5.10 Å². The Bertz CT molecular complexity index is 966. The number of amides is 1. The van der Waals surface area contributed by atoms with Gasteiger partial charge in [-0.1, -0.05) is 52.3 Å². The highest BCUT2D eigenvalue weighted by Gasteiger charge is 2.10. The second kappa shape index (κ2) is 8.79. The van der Waals surface area contributed by atoms with E-state index in [0.717, 1.165) is 29.8 Å². The van der Waals surface area contributed by atoms with E-state index in [4.69, 9.17) is 4.74 Å². The summed E-state index contributed by atoms with van der Waals surface area (Å²) >= 11 is 10.2. The van der Waals surface area contributed by atoms with Crippen LogP contribution < -0.4 is 10.2 Å². The molecule has 4 nitrogen and oxygen atoms in total. The van der Waals surface area contributed by atoms with Gasteiger partial charge in [0.05, 0.1) is 15.2 Å². The van der Waals surface area contributed by atoms with E-state index in [1.165, 1.54) is 0 Å². The Morgan fingerprint density at radius 1 is 1.00 bits per heavy atom. The molecule has 1 N–H and O–H groups in total. The van der Waals surface area contributed by atoms with E-state index in [0.29, 0.717) is 5.75 Å². The third-order valence-corrected chi connectivity index (χ3v) is 5.12. The molecule has 26 heavy (non-hydrogen) atoms. The SMILES string of the molecule is O=C(COc1c(Br)cc(Br)cc1Br)N/N=C\c1ccc2ccccc2c1. The van der Waals surface area contributed by atoms with Gasteiger partial charge >= 0.3 is 0 Å². The number of ether oxygens (including phenoxy) is 1. The fourth-order valence-corrected chi connectivity index (χ4v) is 4.79. The van der Waals surface area contributed by atoms with Crippen molar-refractivity contribution in [3.05, 3.63) is 73.6 Å². The summed E-state index contributed by atoms with van der Waals surface area (Å²) in [7, 11) is 0. The largest absolute Gasteiger partial charge is 0.481 e. The summed E-state index contributed by atoms with van der Waals surface area (Å²) < 4.78 is 7.92. The van der Waals surface area contributed by atoms with Crippen LogP contribution in [0.15, 0.2) is 73.1 Å². The van der Waals surface area contributed by atoms with Gasteiger partial charge in [-0.2, -0.15) is 5.10 Å². The molecule has 3 aromatic carbocycles. The highest BCUT2D eigenvalue weighted by molar-refractivity contribution is 9.11. The molecule has 132 valence electrons. The highest BCUT2D eigenvalue weighted by Crippen LogP contribution is 2.36. The molecule has 1 amide bonds. The lowest BCUT2D eigenvalue weighted by molar-refractivity contribution is -0.123. The van der Waals surface area contributed by atoms with Crippen molar-refractivity contribution < 1.29 is 9.53 Å². The maximum atomic E-state index is 11.9. The van der Waals surface area contributed by atoms with Gasteiger partial charge < -0.3 is 4.74 Å². The molecule has 0 saturated heterocycles. The third-order valence-electron chi connectivity index (χ3n) is 3.49. The van der Waals surface area contributed by atoms with Crippen molar-refractivity contribution in [1.29, 1.82) is 0 Å². The van der Waals surface area contributed by atoms with Crippen LogP contribution >= 0.6 is 47.8 Å². The maximum absolute atomic E-state index is 11.9. The van der Waals surface area contributed by atoms with Crippen LogP contribution in [0.3, 0.4) is 0 Å². The zero-order chi connectivity index (χ0) is 18.5. The summed E-state index contributed by atoms with van der Waals surface area (Å²) in [6.45, 7) is -0.145. The summed E-state index contributed by atoms with van der Waals surface area (Å²) in [5.74, 6) is 0.214. The molecular formula is C19H13Br3N2O2. The molecule has 0 saturated carbocycles. The Morgan fingerprint density at radius 3 is 2.42 bits per heavy atom. The number of fused-ring (bicyclic) bond motifs is 1. The molecule has 0 aliphatic carbocycles. The summed E-state index contributed by atoms with van der Waals surface area (Å²) in [4.78, 5) is 11.9. The van der Waals surface area contributed by atoms with Gasteiger partial charge in [0, 0.05) is 4.47 Å². The Kier molecular flexibility index (Phi) is 6.45. The van der Waals surface area contributed by atoms with Gasteiger partial charge in [-0.05, 0) is 66.4 Å². The molecule has 0 bridgehead atoms. The molecule has 0 heterocycles. The van der Waals surface area contributed by atoms with Gasteiger partial charge in [0.15, 0.2) is 6.61 Å². The quantitative estimate of drug-likeness (QED) is 0.335. The zero-order valence-electron chi connectivity index (χ0n) is 13.4. The fraction of sp³-hybridized carbons (Fsp3) is 0.0526. The third kappa shape index (κ3) is 4.93.